The van der Waals surface area contributed by atoms with Crippen molar-refractivity contribution in [3.8, 4) is 23.0 Å². The second-order valence-corrected chi connectivity index (χ2v) is 14.5. The average molecular weight is 805 g/mol. The smallest absolute Gasteiger partial charge is 0.266 e. The van der Waals surface area contributed by atoms with Crippen LogP contribution in [0.25, 0.3) is 21.5 Å². The van der Waals surface area contributed by atoms with E-state index in [-0.39, 0.29) is 23.9 Å². The number of carbonyl (C=O) groups is 2. The summed E-state index contributed by atoms with van der Waals surface area (Å²) in [6.07, 6.45) is 1.91. The largest absolute Gasteiger partial charge is 0.489 e. The molecule has 306 valence electrons. The van der Waals surface area contributed by atoms with E-state index >= 15 is 0 Å². The number of amides is 2. The predicted molar refractivity (Wildman–Crippen MR) is 232 cm³/mol. The highest BCUT2D eigenvalue weighted by Gasteiger charge is 2.52. The van der Waals surface area contributed by atoms with Crippen molar-refractivity contribution in [3.63, 3.8) is 0 Å². The van der Waals surface area contributed by atoms with Gasteiger partial charge < -0.3 is 38.2 Å². The lowest BCUT2D eigenvalue weighted by molar-refractivity contribution is -0.166. The summed E-state index contributed by atoms with van der Waals surface area (Å²) in [7, 11) is 0. The fourth-order valence-corrected chi connectivity index (χ4v) is 7.95. The third kappa shape index (κ3) is 8.43. The van der Waals surface area contributed by atoms with E-state index in [9.17, 15) is 9.59 Å². The van der Waals surface area contributed by atoms with Gasteiger partial charge in [0.15, 0.2) is 0 Å². The van der Waals surface area contributed by atoms with Crippen LogP contribution in [0.5, 0.6) is 23.0 Å². The molecule has 60 heavy (non-hydrogen) atoms. The topological polar surface area (TPSA) is 96.0 Å². The van der Waals surface area contributed by atoms with E-state index < -0.39 is 12.2 Å². The van der Waals surface area contributed by atoms with Gasteiger partial charge in [0.1, 0.15) is 48.3 Å². The van der Waals surface area contributed by atoms with Gasteiger partial charge in [-0.3, -0.25) is 9.59 Å². The first-order valence-corrected chi connectivity index (χ1v) is 20.3. The lowest BCUT2D eigenvalue weighted by Crippen LogP contribution is -2.62. The molecule has 2 aliphatic rings. The van der Waals surface area contributed by atoms with E-state index in [1.165, 1.54) is 0 Å². The van der Waals surface area contributed by atoms with Gasteiger partial charge in [-0.2, -0.15) is 0 Å². The molecule has 2 unspecified atom stereocenters. The van der Waals surface area contributed by atoms with E-state index in [2.05, 4.69) is 13.2 Å². The Labute approximate surface area is 350 Å². The Kier molecular flexibility index (Phi) is 12.7. The molecule has 2 aliphatic heterocycles. The van der Waals surface area contributed by atoms with Gasteiger partial charge in [-0.15, -0.1) is 0 Å². The van der Waals surface area contributed by atoms with Crippen molar-refractivity contribution in [3.05, 3.63) is 170 Å². The van der Waals surface area contributed by atoms with Gasteiger partial charge in [0.05, 0.1) is 26.4 Å². The molecule has 0 aliphatic carbocycles. The van der Waals surface area contributed by atoms with Crippen LogP contribution in [0.3, 0.4) is 0 Å². The van der Waals surface area contributed by atoms with Gasteiger partial charge in [-0.1, -0.05) is 135 Å². The number of hydrogen-bond donors (Lipinski definition) is 0. The summed E-state index contributed by atoms with van der Waals surface area (Å²) in [5.41, 5.74) is 1.71. The van der Waals surface area contributed by atoms with Crippen LogP contribution in [0.15, 0.2) is 159 Å². The number of para-hydroxylation sites is 2. The number of ether oxygens (including phenoxy) is 6. The molecule has 0 bridgehead atoms. The van der Waals surface area contributed by atoms with Gasteiger partial charge in [0, 0.05) is 35.0 Å². The minimum Gasteiger partial charge on any atom is -0.489 e. The van der Waals surface area contributed by atoms with E-state index in [4.69, 9.17) is 28.4 Å². The van der Waals surface area contributed by atoms with Gasteiger partial charge in [-0.05, 0) is 35.0 Å². The highest BCUT2D eigenvalue weighted by molar-refractivity contribution is 5.93. The summed E-state index contributed by atoms with van der Waals surface area (Å²) in [6, 6.07) is 42.3. The molecule has 6 aromatic carbocycles. The quantitative estimate of drug-likeness (QED) is 0.0406. The van der Waals surface area contributed by atoms with Crippen LogP contribution in [0.2, 0.25) is 0 Å². The predicted octanol–water partition coefficient (Wildman–Crippen LogP) is 8.52. The minimum atomic E-state index is -0.738. The maximum Gasteiger partial charge on any atom is 0.266 e. The number of β-lactam (4-membered cyclic amide) rings is 2. The summed E-state index contributed by atoms with van der Waals surface area (Å²) < 4.78 is 37.0. The number of benzene rings is 6. The fraction of sp³-hybridized carbons (Fsp3) is 0.240. The van der Waals surface area contributed by atoms with Crippen molar-refractivity contribution in [1.29, 1.82) is 0 Å². The molecule has 0 N–H and O–H groups in total. The summed E-state index contributed by atoms with van der Waals surface area (Å²) in [5.74, 6) is 2.39. The Hall–Kier alpha value is -6.62. The number of carbonyl (C=O) groups excluding carboxylic acids is 2. The summed E-state index contributed by atoms with van der Waals surface area (Å²) in [4.78, 5) is 31.0. The molecule has 0 spiro atoms. The second-order valence-electron chi connectivity index (χ2n) is 14.5. The molecule has 4 atom stereocenters. The standard InChI is InChI=1S/C50H48N2O8/c1-3-29-57-41-23-11-9-21-39(41)45-47(59-43-25-13-17-35-15-5-7-19-37(35)43)49(53)51(45)27-31-55-33-34-56-32-28-52-46(40-22-10-12-24-42(40)58-30-4-2)48(50(52)54)60-44-26-14-18-36-16-6-8-20-38(36)44/h3-26,45-48H,1-2,27-34H2/t45-,46?,47+,48?/m0/s1. The first-order chi connectivity index (χ1) is 29.6. The van der Waals surface area contributed by atoms with Gasteiger partial charge >= 0.3 is 0 Å². The molecular weight excluding hydrogens is 757 g/mol. The molecule has 6 aromatic rings. The lowest BCUT2D eigenvalue weighted by atomic mass is 9.89. The first kappa shape index (κ1) is 40.2. The molecule has 0 saturated carbocycles. The highest BCUT2D eigenvalue weighted by atomic mass is 16.5. The third-order valence-electron chi connectivity index (χ3n) is 10.8. The normalized spacial score (nSPS) is 18.5. The molecule has 2 saturated heterocycles. The van der Waals surface area contributed by atoms with Crippen LogP contribution in [-0.2, 0) is 19.1 Å². The van der Waals surface area contributed by atoms with Crippen LogP contribution in [0.1, 0.15) is 23.2 Å². The van der Waals surface area contributed by atoms with E-state index in [1.54, 1.807) is 22.0 Å². The Morgan fingerprint density at radius 3 is 1.30 bits per heavy atom. The van der Waals surface area contributed by atoms with Crippen molar-refractivity contribution in [2.75, 3.05) is 52.7 Å². The maximum atomic E-state index is 13.7. The zero-order valence-electron chi connectivity index (χ0n) is 33.4. The number of likely N-dealkylation sites (tertiary alicyclic amines) is 2. The SMILES string of the molecule is C=CCOc1ccccc1C1C(Oc2cccc3ccccc23)C(=O)N1CCOCCOCCN1C(=O)[C@H](Oc2cccc3ccccc23)[C@@H]1c1ccccc1OCC=C. The molecule has 8 rings (SSSR count). The molecule has 2 fully saturated rings. The monoisotopic (exact) mass is 804 g/mol. The van der Waals surface area contributed by atoms with Crippen LogP contribution in [0, 0.1) is 0 Å². The second kappa shape index (κ2) is 19.0. The Morgan fingerprint density at radius 1 is 0.467 bits per heavy atom. The number of rotatable bonds is 21. The number of fused-ring (bicyclic) bond motifs is 2. The minimum absolute atomic E-state index is 0.126. The zero-order valence-corrected chi connectivity index (χ0v) is 33.4. The third-order valence-corrected chi connectivity index (χ3v) is 10.8. The van der Waals surface area contributed by atoms with Gasteiger partial charge in [-0.25, -0.2) is 0 Å². The fourth-order valence-electron chi connectivity index (χ4n) is 7.95. The summed E-state index contributed by atoms with van der Waals surface area (Å²) in [5, 5.41) is 3.95. The van der Waals surface area contributed by atoms with Crippen molar-refractivity contribution < 1.29 is 38.0 Å². The summed E-state index contributed by atoms with van der Waals surface area (Å²) >= 11 is 0. The Balaban J connectivity index is 0.873. The van der Waals surface area contributed by atoms with Gasteiger partial charge in [0.25, 0.3) is 11.8 Å². The van der Waals surface area contributed by atoms with Crippen molar-refractivity contribution in [2.45, 2.75) is 24.3 Å². The number of nitrogens with zero attached hydrogens (tertiary/aromatic N) is 2. The van der Waals surface area contributed by atoms with E-state index in [0.29, 0.717) is 75.7 Å². The van der Waals surface area contributed by atoms with Crippen LogP contribution >= 0.6 is 0 Å². The van der Waals surface area contributed by atoms with Gasteiger partial charge in [0.2, 0.25) is 12.2 Å². The van der Waals surface area contributed by atoms with Crippen LogP contribution < -0.4 is 18.9 Å². The molecule has 0 aromatic heterocycles. The van der Waals surface area contributed by atoms with E-state index in [0.717, 1.165) is 32.7 Å². The summed E-state index contributed by atoms with van der Waals surface area (Å²) in [6.45, 7) is 10.2. The zero-order chi connectivity index (χ0) is 41.3. The molecule has 10 nitrogen and oxygen atoms in total. The maximum absolute atomic E-state index is 13.7. The molecule has 2 heterocycles. The van der Waals surface area contributed by atoms with E-state index in [1.807, 2.05) is 133 Å². The van der Waals surface area contributed by atoms with Crippen LogP contribution in [-0.4, -0.2) is 86.6 Å². The van der Waals surface area contributed by atoms with Crippen molar-refractivity contribution >= 4 is 33.4 Å². The Morgan fingerprint density at radius 2 is 0.850 bits per heavy atom. The van der Waals surface area contributed by atoms with Crippen molar-refractivity contribution in [2.24, 2.45) is 0 Å². The Bertz CT molecular complexity index is 2290. The first-order valence-electron chi connectivity index (χ1n) is 20.3. The number of hydrogen-bond acceptors (Lipinski definition) is 8. The van der Waals surface area contributed by atoms with Crippen molar-refractivity contribution in [1.82, 2.24) is 9.80 Å². The lowest BCUT2D eigenvalue weighted by Gasteiger charge is -2.47. The molecule has 0 radical (unpaired) electrons. The molecular formula is C50H48N2O8. The molecule has 2 amide bonds. The van der Waals surface area contributed by atoms with Crippen LogP contribution in [0.4, 0.5) is 0 Å². The highest BCUT2D eigenvalue weighted by Crippen LogP contribution is 2.44. The average Bonchev–Trinajstić information content (AvgIpc) is 3.29. The molecule has 10 heteroatoms.